The molecule has 0 atom stereocenters. The van der Waals surface area contributed by atoms with Crippen LogP contribution in [0.15, 0.2) is 0 Å². The Morgan fingerprint density at radius 1 is 0.786 bits per heavy atom. The minimum absolute atomic E-state index is 0.270. The Labute approximate surface area is 87.1 Å². The Hall–Kier alpha value is -0.660. The predicted molar refractivity (Wildman–Crippen MR) is 58.3 cm³/mol. The van der Waals surface area contributed by atoms with Crippen LogP contribution in [0.2, 0.25) is 0 Å². The van der Waals surface area contributed by atoms with Crippen LogP contribution in [0, 0.1) is 0 Å². The third kappa shape index (κ3) is 7.96. The van der Waals surface area contributed by atoms with Crippen LogP contribution in [-0.2, 0) is 9.59 Å². The van der Waals surface area contributed by atoms with Gasteiger partial charge < -0.3 is 0 Å². The van der Waals surface area contributed by atoms with Crippen LogP contribution in [0.4, 0.5) is 0 Å². The zero-order valence-electron chi connectivity index (χ0n) is 9.47. The predicted octanol–water partition coefficient (Wildman–Crippen LogP) is 3.29. The van der Waals surface area contributed by atoms with Gasteiger partial charge in [0.25, 0.3) is 0 Å². The van der Waals surface area contributed by atoms with Gasteiger partial charge in [-0.3, -0.25) is 9.59 Å². The summed E-state index contributed by atoms with van der Waals surface area (Å²) < 4.78 is 0. The van der Waals surface area contributed by atoms with E-state index in [1.807, 2.05) is 6.92 Å². The molecule has 0 fully saturated rings. The minimum atomic E-state index is 0.270. The third-order valence-electron chi connectivity index (χ3n) is 2.36. The molecule has 0 spiro atoms. The van der Waals surface area contributed by atoms with Crippen molar-refractivity contribution in [3.63, 3.8) is 0 Å². The Kier molecular flexibility index (Phi) is 8.50. The standard InChI is InChI=1S/C12H22O2/c1-3-5-6-8-12(14)10-7-9-11(13)4-2/h3-10H2,1-2H3. The maximum Gasteiger partial charge on any atom is 0.132 e. The van der Waals surface area contributed by atoms with Crippen LogP contribution in [0.25, 0.3) is 0 Å². The van der Waals surface area contributed by atoms with Gasteiger partial charge in [-0.1, -0.05) is 26.7 Å². The molecule has 0 aromatic rings. The van der Waals surface area contributed by atoms with Crippen molar-refractivity contribution in [1.82, 2.24) is 0 Å². The summed E-state index contributed by atoms with van der Waals surface area (Å²) in [5.74, 6) is 0.591. The highest BCUT2D eigenvalue weighted by molar-refractivity contribution is 5.80. The lowest BCUT2D eigenvalue weighted by Gasteiger charge is -1.99. The molecular weight excluding hydrogens is 176 g/mol. The van der Waals surface area contributed by atoms with Crippen molar-refractivity contribution in [2.45, 2.75) is 65.2 Å². The topological polar surface area (TPSA) is 34.1 Å². The van der Waals surface area contributed by atoms with E-state index in [0.29, 0.717) is 31.5 Å². The van der Waals surface area contributed by atoms with Crippen molar-refractivity contribution in [2.24, 2.45) is 0 Å². The average molecular weight is 198 g/mol. The molecule has 0 aliphatic heterocycles. The van der Waals surface area contributed by atoms with Gasteiger partial charge in [0.05, 0.1) is 0 Å². The maximum absolute atomic E-state index is 11.3. The molecule has 14 heavy (non-hydrogen) atoms. The fraction of sp³-hybridized carbons (Fsp3) is 0.833. The van der Waals surface area contributed by atoms with E-state index < -0.39 is 0 Å². The molecule has 0 radical (unpaired) electrons. The molecule has 0 bridgehead atoms. The lowest BCUT2D eigenvalue weighted by molar-refractivity contribution is -0.120. The first-order valence-corrected chi connectivity index (χ1v) is 5.74. The number of carbonyl (C=O) groups is 2. The van der Waals surface area contributed by atoms with Gasteiger partial charge in [-0.2, -0.15) is 0 Å². The average Bonchev–Trinajstić information content (AvgIpc) is 2.18. The lowest BCUT2D eigenvalue weighted by atomic mass is 10.1. The van der Waals surface area contributed by atoms with Gasteiger partial charge in [-0.15, -0.1) is 0 Å². The van der Waals surface area contributed by atoms with E-state index in [0.717, 1.165) is 25.7 Å². The molecule has 0 saturated carbocycles. The van der Waals surface area contributed by atoms with Crippen LogP contribution in [0.1, 0.15) is 65.2 Å². The van der Waals surface area contributed by atoms with Crippen LogP contribution in [-0.4, -0.2) is 11.6 Å². The molecule has 0 aromatic carbocycles. The molecule has 0 rings (SSSR count). The number of ketones is 2. The number of rotatable bonds is 9. The molecule has 2 heteroatoms. The molecule has 2 nitrogen and oxygen atoms in total. The van der Waals surface area contributed by atoms with Gasteiger partial charge in [0.1, 0.15) is 11.6 Å². The number of unbranched alkanes of at least 4 members (excludes halogenated alkanes) is 2. The van der Waals surface area contributed by atoms with Gasteiger partial charge in [-0.25, -0.2) is 0 Å². The van der Waals surface area contributed by atoms with E-state index in [1.165, 1.54) is 0 Å². The third-order valence-corrected chi connectivity index (χ3v) is 2.36. The second-order valence-corrected chi connectivity index (χ2v) is 3.74. The summed E-state index contributed by atoms with van der Waals surface area (Å²) in [5.41, 5.74) is 0. The first-order chi connectivity index (χ1) is 6.70. The molecule has 0 N–H and O–H groups in total. The summed E-state index contributed by atoms with van der Waals surface area (Å²) in [6.07, 6.45) is 6.53. The molecule has 0 aliphatic rings. The number of carbonyl (C=O) groups excluding carboxylic acids is 2. The number of hydrogen-bond donors (Lipinski definition) is 0. The molecule has 0 aromatic heterocycles. The SMILES string of the molecule is CCCCCC(=O)CCCC(=O)CC. The van der Waals surface area contributed by atoms with Crippen molar-refractivity contribution in [3.8, 4) is 0 Å². The van der Waals surface area contributed by atoms with Crippen LogP contribution in [0.3, 0.4) is 0 Å². The second-order valence-electron chi connectivity index (χ2n) is 3.74. The molecule has 0 saturated heterocycles. The van der Waals surface area contributed by atoms with Crippen molar-refractivity contribution >= 4 is 11.6 Å². The highest BCUT2D eigenvalue weighted by Gasteiger charge is 2.03. The lowest BCUT2D eigenvalue weighted by Crippen LogP contribution is -2.00. The van der Waals surface area contributed by atoms with Gasteiger partial charge in [0.2, 0.25) is 0 Å². The summed E-state index contributed by atoms with van der Waals surface area (Å²) in [5, 5.41) is 0. The van der Waals surface area contributed by atoms with Gasteiger partial charge >= 0.3 is 0 Å². The summed E-state index contributed by atoms with van der Waals surface area (Å²) in [6, 6.07) is 0. The van der Waals surface area contributed by atoms with E-state index in [2.05, 4.69) is 6.92 Å². The Bertz CT molecular complexity index is 173. The monoisotopic (exact) mass is 198 g/mol. The van der Waals surface area contributed by atoms with Crippen molar-refractivity contribution in [2.75, 3.05) is 0 Å². The Morgan fingerprint density at radius 2 is 1.36 bits per heavy atom. The smallest absolute Gasteiger partial charge is 0.132 e. The molecule has 82 valence electrons. The van der Waals surface area contributed by atoms with Gasteiger partial charge in [0.15, 0.2) is 0 Å². The van der Waals surface area contributed by atoms with Gasteiger partial charge in [0, 0.05) is 25.7 Å². The van der Waals surface area contributed by atoms with E-state index in [9.17, 15) is 9.59 Å². The first kappa shape index (κ1) is 13.3. The maximum atomic E-state index is 11.3. The first-order valence-electron chi connectivity index (χ1n) is 5.74. The highest BCUT2D eigenvalue weighted by Crippen LogP contribution is 2.06. The Morgan fingerprint density at radius 3 is 1.93 bits per heavy atom. The van der Waals surface area contributed by atoms with Crippen molar-refractivity contribution in [3.05, 3.63) is 0 Å². The van der Waals surface area contributed by atoms with E-state index in [1.54, 1.807) is 0 Å². The zero-order chi connectivity index (χ0) is 10.8. The van der Waals surface area contributed by atoms with E-state index in [4.69, 9.17) is 0 Å². The number of Topliss-reactive ketones (excluding diaryl/α,β-unsaturated/α-hetero) is 2. The highest BCUT2D eigenvalue weighted by atomic mass is 16.1. The minimum Gasteiger partial charge on any atom is -0.300 e. The molecule has 0 heterocycles. The fourth-order valence-corrected chi connectivity index (χ4v) is 1.36. The quantitative estimate of drug-likeness (QED) is 0.533. The summed E-state index contributed by atoms with van der Waals surface area (Å²) in [4.78, 5) is 22.2. The van der Waals surface area contributed by atoms with Crippen LogP contribution in [0.5, 0.6) is 0 Å². The van der Waals surface area contributed by atoms with Crippen LogP contribution < -0.4 is 0 Å². The second kappa shape index (κ2) is 8.92. The van der Waals surface area contributed by atoms with Crippen molar-refractivity contribution < 1.29 is 9.59 Å². The number of hydrogen-bond acceptors (Lipinski definition) is 2. The van der Waals surface area contributed by atoms with Crippen molar-refractivity contribution in [1.29, 1.82) is 0 Å². The van der Waals surface area contributed by atoms with Crippen LogP contribution >= 0.6 is 0 Å². The summed E-state index contributed by atoms with van der Waals surface area (Å²) >= 11 is 0. The summed E-state index contributed by atoms with van der Waals surface area (Å²) in [6.45, 7) is 4.00. The Balaban J connectivity index is 3.31. The largest absolute Gasteiger partial charge is 0.300 e. The van der Waals surface area contributed by atoms with Gasteiger partial charge in [-0.05, 0) is 12.8 Å². The van der Waals surface area contributed by atoms with E-state index >= 15 is 0 Å². The normalized spacial score (nSPS) is 10.1. The summed E-state index contributed by atoms with van der Waals surface area (Å²) in [7, 11) is 0. The molecule has 0 amide bonds. The van der Waals surface area contributed by atoms with E-state index in [-0.39, 0.29) is 5.78 Å². The zero-order valence-corrected chi connectivity index (χ0v) is 9.47. The molecule has 0 aliphatic carbocycles. The molecule has 0 unspecified atom stereocenters. The molecular formula is C12H22O2. The fourth-order valence-electron chi connectivity index (χ4n) is 1.36.